The van der Waals surface area contributed by atoms with Gasteiger partial charge in [0.05, 0.1) is 27.9 Å². The summed E-state index contributed by atoms with van der Waals surface area (Å²) in [6.45, 7) is 6.38. The molecule has 0 amide bonds. The number of aromatic carboxylic acids is 1. The molecule has 10 nitrogen and oxygen atoms in total. The van der Waals surface area contributed by atoms with Crippen LogP contribution in [0.1, 0.15) is 36.7 Å². The van der Waals surface area contributed by atoms with Crippen molar-refractivity contribution < 1.29 is 27.9 Å². The van der Waals surface area contributed by atoms with Gasteiger partial charge in [-0.25, -0.2) is 17.9 Å². The Kier molecular flexibility index (Phi) is 7.21. The second-order valence-electron chi connectivity index (χ2n) is 9.34. The normalized spacial score (nSPS) is 18.5. The van der Waals surface area contributed by atoms with Gasteiger partial charge in [0.2, 0.25) is 12.2 Å². The monoisotopic (exact) mass is 550 g/mol. The number of sulfonamides is 1. The Hall–Kier alpha value is -4.06. The summed E-state index contributed by atoms with van der Waals surface area (Å²) >= 11 is 0. The first-order valence-electron chi connectivity index (χ1n) is 12.5. The predicted molar refractivity (Wildman–Crippen MR) is 147 cm³/mol. The molecule has 3 aromatic carbocycles. The van der Waals surface area contributed by atoms with Crippen molar-refractivity contribution in [2.24, 2.45) is 0 Å². The lowest BCUT2D eigenvalue weighted by Crippen LogP contribution is -2.38. The highest BCUT2D eigenvalue weighted by Gasteiger charge is 2.33. The van der Waals surface area contributed by atoms with Crippen LogP contribution < -0.4 is 20.4 Å². The minimum atomic E-state index is -3.93. The zero-order valence-corrected chi connectivity index (χ0v) is 22.6. The zero-order valence-electron chi connectivity index (χ0n) is 21.8. The molecule has 0 bridgehead atoms. The Labute approximate surface area is 227 Å². The third-order valence-corrected chi connectivity index (χ3v) is 8.20. The van der Waals surface area contributed by atoms with Crippen molar-refractivity contribution in [1.29, 1.82) is 0 Å². The van der Waals surface area contributed by atoms with Gasteiger partial charge in [-0.1, -0.05) is 48.5 Å². The highest BCUT2D eigenvalue weighted by molar-refractivity contribution is 7.89. The predicted octanol–water partition coefficient (Wildman–Crippen LogP) is 4.24. The molecule has 3 aromatic rings. The summed E-state index contributed by atoms with van der Waals surface area (Å²) in [5.74, 6) is -0.839. The number of rotatable bonds is 9. The van der Waals surface area contributed by atoms with E-state index >= 15 is 0 Å². The molecular formula is C28H30N4O6S. The summed E-state index contributed by atoms with van der Waals surface area (Å²) in [6, 6.07) is 19.3. The molecule has 5 rings (SSSR count). The molecule has 0 aliphatic carbocycles. The van der Waals surface area contributed by atoms with E-state index < -0.39 is 22.3 Å². The average molecular weight is 551 g/mol. The summed E-state index contributed by atoms with van der Waals surface area (Å²) in [4.78, 5) is 19.2. The van der Waals surface area contributed by atoms with Crippen molar-refractivity contribution >= 4 is 27.4 Å². The van der Waals surface area contributed by atoms with E-state index in [1.807, 2.05) is 49.1 Å². The van der Waals surface area contributed by atoms with Crippen LogP contribution in [0.15, 0.2) is 83.1 Å². The first-order valence-corrected chi connectivity index (χ1v) is 14.0. The van der Waals surface area contributed by atoms with Gasteiger partial charge in [-0.15, -0.1) is 5.48 Å². The van der Waals surface area contributed by atoms with Crippen LogP contribution in [0.5, 0.6) is 0 Å². The Balaban J connectivity index is 1.43. The van der Waals surface area contributed by atoms with E-state index in [1.165, 1.54) is 0 Å². The van der Waals surface area contributed by atoms with Crippen LogP contribution in [-0.2, 0) is 26.1 Å². The van der Waals surface area contributed by atoms with E-state index in [2.05, 4.69) is 15.5 Å². The Morgan fingerprint density at radius 3 is 2.51 bits per heavy atom. The fourth-order valence-corrected chi connectivity index (χ4v) is 5.93. The van der Waals surface area contributed by atoms with Gasteiger partial charge < -0.3 is 24.9 Å². The molecule has 2 atom stereocenters. The zero-order chi connectivity index (χ0) is 27.7. The molecule has 2 unspecified atom stereocenters. The summed E-state index contributed by atoms with van der Waals surface area (Å²) in [5, 5.41) is 13.0. The number of hydrogen-bond donors (Lipinski definition) is 4. The van der Waals surface area contributed by atoms with E-state index in [0.717, 1.165) is 16.7 Å². The maximum atomic E-state index is 13.3. The van der Waals surface area contributed by atoms with Crippen molar-refractivity contribution in [3.63, 3.8) is 0 Å². The first kappa shape index (κ1) is 26.5. The third kappa shape index (κ3) is 5.16. The summed E-state index contributed by atoms with van der Waals surface area (Å²) in [5.41, 5.74) is 7.12. The number of hydrogen-bond acceptors (Lipinski definition) is 8. The molecule has 4 N–H and O–H groups in total. The lowest BCUT2D eigenvalue weighted by Gasteiger charge is -2.27. The van der Waals surface area contributed by atoms with Crippen molar-refractivity contribution in [3.8, 4) is 11.1 Å². The number of ether oxygens (including phenoxy) is 1. The number of para-hydroxylation sites is 1. The maximum Gasteiger partial charge on any atom is 0.337 e. The van der Waals surface area contributed by atoms with Gasteiger partial charge in [-0.2, -0.15) is 0 Å². The number of nitrogens with one attached hydrogen (secondary N) is 3. The smallest absolute Gasteiger partial charge is 0.337 e. The van der Waals surface area contributed by atoms with E-state index in [9.17, 15) is 18.3 Å². The second-order valence-corrected chi connectivity index (χ2v) is 11.0. The lowest BCUT2D eigenvalue weighted by atomic mass is 10.0. The van der Waals surface area contributed by atoms with Crippen LogP contribution >= 0.6 is 0 Å². The van der Waals surface area contributed by atoms with Gasteiger partial charge in [0.25, 0.3) is 10.0 Å². The minimum absolute atomic E-state index is 0.0998. The van der Waals surface area contributed by atoms with Gasteiger partial charge in [-0.05, 0) is 50.1 Å². The average Bonchev–Trinajstić information content (AvgIpc) is 3.43. The second kappa shape index (κ2) is 10.6. The topological polar surface area (TPSA) is 129 Å². The quantitative estimate of drug-likeness (QED) is 0.309. The van der Waals surface area contributed by atoms with E-state index in [1.54, 1.807) is 43.3 Å². The van der Waals surface area contributed by atoms with Gasteiger partial charge in [0.15, 0.2) is 0 Å². The highest BCUT2D eigenvalue weighted by Crippen LogP contribution is 2.39. The number of fused-ring (bicyclic) bond motifs is 1. The molecule has 0 saturated carbocycles. The van der Waals surface area contributed by atoms with Crippen molar-refractivity contribution in [1.82, 2.24) is 10.2 Å². The number of hydroxylamine groups is 1. The number of anilines is 2. The van der Waals surface area contributed by atoms with Gasteiger partial charge >= 0.3 is 5.97 Å². The SMILES string of the molecule is CCOC1Nc2cccc(C(=O)O)c2N1Cc1ccc(-c2ccccc2S(=O)(=O)NC2=C(C)C(C)NO2)cc1. The molecule has 11 heteroatoms. The van der Waals surface area contributed by atoms with E-state index in [-0.39, 0.29) is 22.4 Å². The van der Waals surface area contributed by atoms with Crippen molar-refractivity contribution in [2.75, 3.05) is 16.8 Å². The van der Waals surface area contributed by atoms with Crippen molar-refractivity contribution in [3.05, 3.63) is 89.3 Å². The van der Waals surface area contributed by atoms with Crippen LogP contribution in [-0.4, -0.2) is 38.5 Å². The van der Waals surface area contributed by atoms with E-state index in [0.29, 0.717) is 30.1 Å². The molecule has 0 aromatic heterocycles. The molecule has 204 valence electrons. The number of nitrogens with zero attached hydrogens (tertiary/aromatic N) is 1. The number of carbonyl (C=O) groups is 1. The Morgan fingerprint density at radius 1 is 1.10 bits per heavy atom. The number of benzene rings is 3. The molecule has 0 radical (unpaired) electrons. The third-order valence-electron chi connectivity index (χ3n) is 6.81. The van der Waals surface area contributed by atoms with Gasteiger partial charge in [0.1, 0.15) is 0 Å². The Bertz CT molecular complexity index is 1540. The van der Waals surface area contributed by atoms with Gasteiger partial charge in [0, 0.05) is 24.3 Å². The minimum Gasteiger partial charge on any atom is -0.478 e. The van der Waals surface area contributed by atoms with Crippen molar-refractivity contribution in [2.45, 2.75) is 44.6 Å². The highest BCUT2D eigenvalue weighted by atomic mass is 32.2. The van der Waals surface area contributed by atoms with E-state index in [4.69, 9.17) is 9.57 Å². The molecule has 0 saturated heterocycles. The fourth-order valence-electron chi connectivity index (χ4n) is 4.64. The molecule has 2 aliphatic heterocycles. The summed E-state index contributed by atoms with van der Waals surface area (Å²) in [6.07, 6.45) is -0.519. The molecular weight excluding hydrogens is 520 g/mol. The summed E-state index contributed by atoms with van der Waals surface area (Å²) < 4.78 is 35.0. The fraction of sp³-hybridized carbons (Fsp3) is 0.250. The summed E-state index contributed by atoms with van der Waals surface area (Å²) in [7, 11) is -3.93. The van der Waals surface area contributed by atoms with Crippen LogP contribution in [0.25, 0.3) is 11.1 Å². The number of carboxylic acid groups (broad SMARTS) is 1. The standard InChI is InChI=1S/C28H30N4O6S/c1-4-37-28-29-23-10-7-9-22(27(33)34)25(23)32(28)16-19-12-14-20(15-13-19)21-8-5-6-11-24(21)39(35,36)31-26-17(2)18(3)30-38-26/h5-15,18,28-31H,4,16H2,1-3H3,(H,33,34). The number of carboxylic acids is 1. The van der Waals surface area contributed by atoms with Crippen LogP contribution in [0.4, 0.5) is 11.4 Å². The van der Waals surface area contributed by atoms with Crippen LogP contribution in [0.2, 0.25) is 0 Å². The maximum absolute atomic E-state index is 13.3. The first-order chi connectivity index (χ1) is 18.7. The van der Waals surface area contributed by atoms with Gasteiger partial charge in [-0.3, -0.25) is 0 Å². The largest absolute Gasteiger partial charge is 0.478 e. The lowest BCUT2D eigenvalue weighted by molar-refractivity contribution is 0.0694. The molecule has 2 heterocycles. The molecule has 0 spiro atoms. The molecule has 39 heavy (non-hydrogen) atoms. The Morgan fingerprint density at radius 2 is 1.85 bits per heavy atom. The van der Waals surface area contributed by atoms with Crippen LogP contribution in [0.3, 0.4) is 0 Å². The molecule has 0 fully saturated rings. The molecule has 2 aliphatic rings. The van der Waals surface area contributed by atoms with Crippen LogP contribution in [0, 0.1) is 0 Å².